The van der Waals surface area contributed by atoms with Crippen LogP contribution in [0.3, 0.4) is 0 Å². The summed E-state index contributed by atoms with van der Waals surface area (Å²) in [4.78, 5) is 14.9. The fourth-order valence-electron chi connectivity index (χ4n) is 4.55. The number of aromatic nitrogens is 3. The summed E-state index contributed by atoms with van der Waals surface area (Å²) < 4.78 is 2.25. The first-order valence-electron chi connectivity index (χ1n) is 12.3. The molecule has 0 atom stereocenters. The van der Waals surface area contributed by atoms with E-state index in [1.165, 1.54) is 30.2 Å². The Morgan fingerprint density at radius 2 is 1.77 bits per heavy atom. The molecule has 1 amide bonds. The highest BCUT2D eigenvalue weighted by Gasteiger charge is 2.26. The number of hydrogen-bond acceptors (Lipinski definition) is 5. The van der Waals surface area contributed by atoms with Gasteiger partial charge in [0.25, 0.3) is 0 Å². The molecule has 4 rings (SSSR count). The third-order valence-electron chi connectivity index (χ3n) is 6.50. The molecule has 1 heterocycles. The van der Waals surface area contributed by atoms with Crippen molar-refractivity contribution in [1.82, 2.24) is 14.8 Å². The van der Waals surface area contributed by atoms with Crippen LogP contribution in [0.25, 0.3) is 11.4 Å². The number of amides is 1. The minimum absolute atomic E-state index is 0.0338. The molecule has 1 aliphatic rings. The van der Waals surface area contributed by atoms with Gasteiger partial charge in [0, 0.05) is 23.8 Å². The van der Waals surface area contributed by atoms with Crippen LogP contribution in [0.4, 0.5) is 5.69 Å². The Morgan fingerprint density at radius 3 is 2.40 bits per heavy atom. The van der Waals surface area contributed by atoms with Crippen LogP contribution in [0.2, 0.25) is 0 Å². The zero-order valence-corrected chi connectivity index (χ0v) is 21.6. The second-order valence-electron chi connectivity index (χ2n) is 10.0. The van der Waals surface area contributed by atoms with Crippen molar-refractivity contribution < 1.29 is 4.79 Å². The second kappa shape index (κ2) is 11.1. The molecule has 0 unspecified atom stereocenters. The highest BCUT2D eigenvalue weighted by molar-refractivity contribution is 7.99. The molecule has 3 aromatic rings. The lowest BCUT2D eigenvalue weighted by molar-refractivity contribution is -0.116. The van der Waals surface area contributed by atoms with Gasteiger partial charge in [0.2, 0.25) is 5.91 Å². The van der Waals surface area contributed by atoms with E-state index in [0.29, 0.717) is 12.6 Å². The maximum Gasteiger partial charge on any atom is 0.237 e. The smallest absolute Gasteiger partial charge is 0.237 e. The molecule has 35 heavy (non-hydrogen) atoms. The molecule has 0 bridgehead atoms. The largest absolute Gasteiger partial charge is 0.311 e. The average Bonchev–Trinajstić information content (AvgIpc) is 3.53. The van der Waals surface area contributed by atoms with Crippen molar-refractivity contribution in [3.63, 3.8) is 0 Å². The molecule has 1 aliphatic carbocycles. The SMILES string of the molecule is CC(C)(C)c1ccc(-c2nnc(SCC(=O)N(CCC#N)c3ccccc3)n2C2CCCC2)cc1. The molecule has 6 nitrogen and oxygen atoms in total. The monoisotopic (exact) mass is 487 g/mol. The number of carbonyl (C=O) groups is 1. The van der Waals surface area contributed by atoms with Crippen LogP contribution < -0.4 is 4.90 Å². The molecule has 1 fully saturated rings. The molecule has 7 heteroatoms. The number of anilines is 1. The summed E-state index contributed by atoms with van der Waals surface area (Å²) in [7, 11) is 0. The predicted molar refractivity (Wildman–Crippen MR) is 141 cm³/mol. The van der Waals surface area contributed by atoms with Crippen molar-refractivity contribution >= 4 is 23.4 Å². The van der Waals surface area contributed by atoms with Gasteiger partial charge in [-0.1, -0.05) is 87.8 Å². The molecule has 1 saturated carbocycles. The molecule has 0 radical (unpaired) electrons. The van der Waals surface area contributed by atoms with E-state index in [4.69, 9.17) is 5.26 Å². The van der Waals surface area contributed by atoms with Gasteiger partial charge in [0.05, 0.1) is 18.2 Å². The van der Waals surface area contributed by atoms with Gasteiger partial charge in [0.15, 0.2) is 11.0 Å². The van der Waals surface area contributed by atoms with Gasteiger partial charge < -0.3 is 4.90 Å². The van der Waals surface area contributed by atoms with E-state index in [1.54, 1.807) is 4.90 Å². The fourth-order valence-corrected chi connectivity index (χ4v) is 5.44. The topological polar surface area (TPSA) is 74.8 Å². The first-order valence-corrected chi connectivity index (χ1v) is 13.3. The van der Waals surface area contributed by atoms with Crippen molar-refractivity contribution in [3.05, 3.63) is 60.2 Å². The van der Waals surface area contributed by atoms with Crippen LogP contribution in [0, 0.1) is 11.3 Å². The molecular formula is C28H33N5OS. The summed E-state index contributed by atoms with van der Waals surface area (Å²) in [5.41, 5.74) is 3.24. The molecule has 0 aliphatic heterocycles. The van der Waals surface area contributed by atoms with E-state index in [0.717, 1.165) is 35.1 Å². The van der Waals surface area contributed by atoms with Gasteiger partial charge in [-0.2, -0.15) is 5.26 Å². The number of benzene rings is 2. The normalized spacial score (nSPS) is 14.1. The highest BCUT2D eigenvalue weighted by Crippen LogP contribution is 2.37. The Labute approximate surface area is 212 Å². The highest BCUT2D eigenvalue weighted by atomic mass is 32.2. The van der Waals surface area contributed by atoms with Crippen LogP contribution in [-0.2, 0) is 10.2 Å². The van der Waals surface area contributed by atoms with E-state index in [9.17, 15) is 4.79 Å². The molecule has 0 N–H and O–H groups in total. The van der Waals surface area contributed by atoms with Crippen LogP contribution in [0.1, 0.15) is 64.5 Å². The Hall–Kier alpha value is -3.11. The summed E-state index contributed by atoms with van der Waals surface area (Å²) in [6, 6.07) is 20.7. The van der Waals surface area contributed by atoms with Crippen LogP contribution in [0.15, 0.2) is 59.8 Å². The number of para-hydroxylation sites is 1. The van der Waals surface area contributed by atoms with E-state index in [-0.39, 0.29) is 23.5 Å². The third-order valence-corrected chi connectivity index (χ3v) is 7.43. The minimum Gasteiger partial charge on any atom is -0.311 e. The first kappa shape index (κ1) is 25.0. The summed E-state index contributed by atoms with van der Waals surface area (Å²) >= 11 is 1.44. The van der Waals surface area contributed by atoms with E-state index in [1.807, 2.05) is 30.3 Å². The minimum atomic E-state index is -0.0338. The molecule has 182 valence electrons. The quantitative estimate of drug-likeness (QED) is 0.344. The molecule has 0 saturated heterocycles. The van der Waals surface area contributed by atoms with E-state index in [2.05, 4.69) is 65.9 Å². The number of nitrogens with zero attached hydrogens (tertiary/aromatic N) is 5. The zero-order valence-electron chi connectivity index (χ0n) is 20.8. The number of carbonyl (C=O) groups excluding carboxylic acids is 1. The van der Waals surface area contributed by atoms with Crippen molar-refractivity contribution in [1.29, 1.82) is 5.26 Å². The van der Waals surface area contributed by atoms with Crippen molar-refractivity contribution in [2.24, 2.45) is 0 Å². The Bertz CT molecular complexity index is 1170. The lowest BCUT2D eigenvalue weighted by Crippen LogP contribution is -2.33. The van der Waals surface area contributed by atoms with Crippen LogP contribution >= 0.6 is 11.8 Å². The molecule has 1 aromatic heterocycles. The Morgan fingerprint density at radius 1 is 1.09 bits per heavy atom. The van der Waals surface area contributed by atoms with Gasteiger partial charge in [0.1, 0.15) is 0 Å². The molecule has 2 aromatic carbocycles. The number of hydrogen-bond donors (Lipinski definition) is 0. The van der Waals surface area contributed by atoms with Crippen LogP contribution in [-0.4, -0.2) is 33.0 Å². The predicted octanol–water partition coefficient (Wildman–Crippen LogP) is 6.40. The standard InChI is InChI=1S/C28H33N5OS/c1-28(2,3)22-16-14-21(15-17-22)26-30-31-27(33(26)24-12-7-8-13-24)35-20-25(34)32(19-9-18-29)23-10-5-4-6-11-23/h4-6,10-11,14-17,24H,7-9,12-13,19-20H2,1-3H3. The summed E-state index contributed by atoms with van der Waals surface area (Å²) in [6.45, 7) is 7.01. The lowest BCUT2D eigenvalue weighted by atomic mass is 9.86. The van der Waals surface area contributed by atoms with Gasteiger partial charge >= 0.3 is 0 Å². The third kappa shape index (κ3) is 5.94. The van der Waals surface area contributed by atoms with E-state index < -0.39 is 0 Å². The zero-order chi connectivity index (χ0) is 24.8. The van der Waals surface area contributed by atoms with Crippen molar-refractivity contribution in [2.75, 3.05) is 17.2 Å². The van der Waals surface area contributed by atoms with Gasteiger partial charge in [-0.05, 0) is 36.0 Å². The summed E-state index contributed by atoms with van der Waals surface area (Å²) in [5.74, 6) is 1.08. The Balaban J connectivity index is 1.57. The summed E-state index contributed by atoms with van der Waals surface area (Å²) in [6.07, 6.45) is 4.89. The molecule has 0 spiro atoms. The van der Waals surface area contributed by atoms with Crippen molar-refractivity contribution in [2.45, 2.75) is 69.5 Å². The second-order valence-corrected chi connectivity index (χ2v) is 11.0. The van der Waals surface area contributed by atoms with Crippen molar-refractivity contribution in [3.8, 4) is 17.5 Å². The Kier molecular flexibility index (Phi) is 7.92. The number of thioether (sulfide) groups is 1. The van der Waals surface area contributed by atoms with Gasteiger partial charge in [-0.3, -0.25) is 9.36 Å². The van der Waals surface area contributed by atoms with Gasteiger partial charge in [-0.15, -0.1) is 10.2 Å². The average molecular weight is 488 g/mol. The van der Waals surface area contributed by atoms with Crippen LogP contribution in [0.5, 0.6) is 0 Å². The van der Waals surface area contributed by atoms with E-state index >= 15 is 0 Å². The fraction of sp³-hybridized carbons (Fsp3) is 0.429. The first-order chi connectivity index (χ1) is 16.9. The maximum atomic E-state index is 13.2. The maximum absolute atomic E-state index is 13.2. The molecular weight excluding hydrogens is 454 g/mol. The number of rotatable bonds is 8. The number of nitriles is 1. The lowest BCUT2D eigenvalue weighted by Gasteiger charge is -2.22. The summed E-state index contributed by atoms with van der Waals surface area (Å²) in [5, 5.41) is 19.0. The van der Waals surface area contributed by atoms with Gasteiger partial charge in [-0.25, -0.2) is 0 Å².